The van der Waals surface area contributed by atoms with Gasteiger partial charge in [0, 0.05) is 0 Å². The zero-order valence-electron chi connectivity index (χ0n) is 13.2. The fourth-order valence-corrected chi connectivity index (χ4v) is 2.33. The lowest BCUT2D eigenvalue weighted by Crippen LogP contribution is -2.57. The van der Waals surface area contributed by atoms with Crippen LogP contribution in [0.5, 0.6) is 0 Å². The van der Waals surface area contributed by atoms with Crippen molar-refractivity contribution in [3.05, 3.63) is 35.4 Å². The van der Waals surface area contributed by atoms with Crippen molar-refractivity contribution in [1.82, 2.24) is 4.90 Å². The van der Waals surface area contributed by atoms with Crippen LogP contribution < -0.4 is 0 Å². The number of likely N-dealkylation sites (tertiary alicyclic amines) is 1. The van der Waals surface area contributed by atoms with Gasteiger partial charge in [-0.2, -0.15) is 0 Å². The molecule has 0 aromatic heterocycles. The third-order valence-electron chi connectivity index (χ3n) is 3.39. The van der Waals surface area contributed by atoms with Gasteiger partial charge in [0.1, 0.15) is 5.60 Å². The first-order valence-corrected chi connectivity index (χ1v) is 7.09. The molecule has 0 aliphatic carbocycles. The molecule has 1 N–H and O–H groups in total. The number of benzene rings is 1. The molecule has 2 rings (SSSR count). The van der Waals surface area contributed by atoms with Gasteiger partial charge >= 0.3 is 12.1 Å². The smallest absolute Gasteiger partial charge is 0.410 e. The fraction of sp³-hybridized carbons (Fsp3) is 0.500. The molecule has 120 valence electrons. The predicted octanol–water partition coefficient (Wildman–Crippen LogP) is 2.13. The minimum absolute atomic E-state index is 0.234. The van der Waals surface area contributed by atoms with Crippen LogP contribution in [-0.2, 0) is 9.47 Å². The van der Waals surface area contributed by atoms with E-state index >= 15 is 0 Å². The number of aliphatic hydroxyl groups excluding tert-OH is 1. The highest BCUT2D eigenvalue weighted by atomic mass is 16.6. The lowest BCUT2D eigenvalue weighted by molar-refractivity contribution is -0.0723. The Hall–Kier alpha value is -2.08. The van der Waals surface area contributed by atoms with Crippen LogP contribution >= 0.6 is 0 Å². The SMILES string of the molecule is COC(=O)c1ccc(C2C(O)CN2C(=O)OC(C)(C)C)cc1. The van der Waals surface area contributed by atoms with Gasteiger partial charge in [-0.3, -0.25) is 4.90 Å². The number of amides is 1. The molecule has 1 heterocycles. The second kappa shape index (κ2) is 5.96. The number of rotatable bonds is 2. The van der Waals surface area contributed by atoms with E-state index in [-0.39, 0.29) is 6.54 Å². The molecule has 0 saturated carbocycles. The zero-order chi connectivity index (χ0) is 16.5. The predicted molar refractivity (Wildman–Crippen MR) is 79.5 cm³/mol. The van der Waals surface area contributed by atoms with Gasteiger partial charge in [0.25, 0.3) is 0 Å². The number of nitrogens with zero attached hydrogens (tertiary/aromatic N) is 1. The van der Waals surface area contributed by atoms with E-state index in [0.29, 0.717) is 5.56 Å². The zero-order valence-corrected chi connectivity index (χ0v) is 13.2. The molecule has 2 unspecified atom stereocenters. The molecule has 1 saturated heterocycles. The van der Waals surface area contributed by atoms with Crippen molar-refractivity contribution in [2.75, 3.05) is 13.7 Å². The van der Waals surface area contributed by atoms with Gasteiger partial charge in [-0.1, -0.05) is 12.1 Å². The fourth-order valence-electron chi connectivity index (χ4n) is 2.33. The summed E-state index contributed by atoms with van der Waals surface area (Å²) in [6.07, 6.45) is -1.10. The molecule has 0 bridgehead atoms. The number of esters is 1. The highest BCUT2D eigenvalue weighted by Gasteiger charge is 2.43. The van der Waals surface area contributed by atoms with E-state index in [1.54, 1.807) is 45.0 Å². The standard InChI is InChI=1S/C16H21NO5/c1-16(2,3)22-15(20)17-9-12(18)13(17)10-5-7-11(8-6-10)14(19)21-4/h5-8,12-13,18H,9H2,1-4H3. The minimum atomic E-state index is -0.642. The van der Waals surface area contributed by atoms with E-state index in [1.807, 2.05) is 0 Å². The van der Waals surface area contributed by atoms with Gasteiger partial charge in [0.15, 0.2) is 0 Å². The first-order chi connectivity index (χ1) is 10.2. The highest BCUT2D eigenvalue weighted by Crippen LogP contribution is 2.35. The Morgan fingerprint density at radius 3 is 2.27 bits per heavy atom. The average molecular weight is 307 g/mol. The van der Waals surface area contributed by atoms with Crippen LogP contribution in [0.1, 0.15) is 42.7 Å². The summed E-state index contributed by atoms with van der Waals surface area (Å²) in [6, 6.07) is 6.17. The maximum Gasteiger partial charge on any atom is 0.410 e. The third-order valence-corrected chi connectivity index (χ3v) is 3.39. The molecule has 22 heavy (non-hydrogen) atoms. The van der Waals surface area contributed by atoms with Crippen molar-refractivity contribution >= 4 is 12.1 Å². The monoisotopic (exact) mass is 307 g/mol. The molecule has 6 heteroatoms. The molecule has 1 fully saturated rings. The van der Waals surface area contributed by atoms with Crippen molar-refractivity contribution in [1.29, 1.82) is 0 Å². The molecule has 1 aliphatic heterocycles. The van der Waals surface area contributed by atoms with E-state index in [9.17, 15) is 14.7 Å². The summed E-state index contributed by atoms with van der Waals surface area (Å²) < 4.78 is 9.96. The maximum absolute atomic E-state index is 12.1. The second-order valence-electron chi connectivity index (χ2n) is 6.26. The molecule has 1 amide bonds. The van der Waals surface area contributed by atoms with Crippen molar-refractivity contribution in [3.8, 4) is 0 Å². The van der Waals surface area contributed by atoms with E-state index in [4.69, 9.17) is 4.74 Å². The summed E-state index contributed by atoms with van der Waals surface area (Å²) in [5, 5.41) is 9.96. The van der Waals surface area contributed by atoms with Crippen LogP contribution in [-0.4, -0.2) is 47.4 Å². The molecule has 1 aromatic carbocycles. The van der Waals surface area contributed by atoms with Crippen molar-refractivity contribution < 1.29 is 24.2 Å². The van der Waals surface area contributed by atoms with Crippen LogP contribution in [0.25, 0.3) is 0 Å². The van der Waals surface area contributed by atoms with Gasteiger partial charge in [0.2, 0.25) is 0 Å². The number of ether oxygens (including phenoxy) is 2. The molecular formula is C16H21NO5. The molecule has 2 atom stereocenters. The molecular weight excluding hydrogens is 286 g/mol. The number of hydrogen-bond donors (Lipinski definition) is 1. The Bertz CT molecular complexity index is 561. The lowest BCUT2D eigenvalue weighted by atomic mass is 9.91. The summed E-state index contributed by atoms with van der Waals surface area (Å²) in [6.45, 7) is 5.61. The maximum atomic E-state index is 12.1. The Balaban J connectivity index is 2.13. The summed E-state index contributed by atoms with van der Waals surface area (Å²) in [5.41, 5.74) is 0.581. The Kier molecular flexibility index (Phi) is 4.42. The summed E-state index contributed by atoms with van der Waals surface area (Å²) >= 11 is 0. The molecule has 1 aromatic rings. The minimum Gasteiger partial charge on any atom is -0.465 e. The van der Waals surface area contributed by atoms with Gasteiger partial charge < -0.3 is 14.6 Å². The third kappa shape index (κ3) is 3.39. The topological polar surface area (TPSA) is 76.1 Å². The first kappa shape index (κ1) is 16.3. The van der Waals surface area contributed by atoms with Gasteiger partial charge in [-0.25, -0.2) is 9.59 Å². The van der Waals surface area contributed by atoms with Crippen LogP contribution in [0, 0.1) is 0 Å². The first-order valence-electron chi connectivity index (χ1n) is 7.09. The van der Waals surface area contributed by atoms with Crippen LogP contribution in [0.3, 0.4) is 0 Å². The van der Waals surface area contributed by atoms with Gasteiger partial charge in [0.05, 0.1) is 31.4 Å². The number of carbonyl (C=O) groups excluding carboxylic acids is 2. The number of aliphatic hydroxyl groups is 1. The van der Waals surface area contributed by atoms with E-state index in [2.05, 4.69) is 4.74 Å². The second-order valence-corrected chi connectivity index (χ2v) is 6.26. The summed E-state index contributed by atoms with van der Waals surface area (Å²) in [7, 11) is 1.32. The van der Waals surface area contributed by atoms with Crippen LogP contribution in [0.4, 0.5) is 4.79 Å². The van der Waals surface area contributed by atoms with Gasteiger partial charge in [-0.05, 0) is 38.5 Å². The number of hydrogen-bond acceptors (Lipinski definition) is 5. The Labute approximate surface area is 129 Å². The molecule has 0 radical (unpaired) electrons. The average Bonchev–Trinajstić information content (AvgIpc) is 2.42. The highest BCUT2D eigenvalue weighted by molar-refractivity contribution is 5.89. The molecule has 1 aliphatic rings. The number of methoxy groups -OCH3 is 1. The Morgan fingerprint density at radius 1 is 1.23 bits per heavy atom. The molecule has 0 spiro atoms. The normalized spacial score (nSPS) is 21.0. The number of β-amino-alcohol motifs (C(OH)–C–C–N with tert-alkyl or cyclic N) is 1. The summed E-state index contributed by atoms with van der Waals surface area (Å²) in [5.74, 6) is -0.426. The van der Waals surface area contributed by atoms with E-state index < -0.39 is 29.8 Å². The number of carbonyl (C=O) groups is 2. The van der Waals surface area contributed by atoms with E-state index in [1.165, 1.54) is 12.0 Å². The Morgan fingerprint density at radius 2 is 1.82 bits per heavy atom. The quantitative estimate of drug-likeness (QED) is 0.847. The van der Waals surface area contributed by atoms with Crippen molar-refractivity contribution in [2.45, 2.75) is 38.5 Å². The largest absolute Gasteiger partial charge is 0.465 e. The van der Waals surface area contributed by atoms with Crippen molar-refractivity contribution in [3.63, 3.8) is 0 Å². The summed E-state index contributed by atoms with van der Waals surface area (Å²) in [4.78, 5) is 25.0. The van der Waals surface area contributed by atoms with Crippen LogP contribution in [0.2, 0.25) is 0 Å². The lowest BCUT2D eigenvalue weighted by Gasteiger charge is -2.45. The van der Waals surface area contributed by atoms with Gasteiger partial charge in [-0.15, -0.1) is 0 Å². The van der Waals surface area contributed by atoms with Crippen LogP contribution in [0.15, 0.2) is 24.3 Å². The van der Waals surface area contributed by atoms with E-state index in [0.717, 1.165) is 5.56 Å². The molecule has 6 nitrogen and oxygen atoms in total. The van der Waals surface area contributed by atoms with Crippen molar-refractivity contribution in [2.24, 2.45) is 0 Å².